The van der Waals surface area contributed by atoms with Gasteiger partial charge in [-0.15, -0.1) is 5.10 Å². The lowest BCUT2D eigenvalue weighted by Gasteiger charge is -2.13. The Morgan fingerprint density at radius 1 is 1.02 bits per heavy atom. The zero-order valence-electron chi connectivity index (χ0n) is 21.7. The number of esters is 1. The summed E-state index contributed by atoms with van der Waals surface area (Å²) >= 11 is 0. The third kappa shape index (κ3) is 6.10. The summed E-state index contributed by atoms with van der Waals surface area (Å²) in [6, 6.07) is 25.9. The molecule has 0 bridgehead atoms. The first-order valence-electron chi connectivity index (χ1n) is 12.7. The summed E-state index contributed by atoms with van der Waals surface area (Å²) in [7, 11) is 0. The average Bonchev–Trinajstić information content (AvgIpc) is 3.58. The van der Waals surface area contributed by atoms with Crippen molar-refractivity contribution in [2.75, 3.05) is 13.2 Å². The van der Waals surface area contributed by atoms with Crippen LogP contribution in [0.25, 0.3) is 17.1 Å². The van der Waals surface area contributed by atoms with Crippen LogP contribution in [0.4, 0.5) is 0 Å². The van der Waals surface area contributed by atoms with Gasteiger partial charge in [0.1, 0.15) is 23.3 Å². The van der Waals surface area contributed by atoms with E-state index >= 15 is 0 Å². The van der Waals surface area contributed by atoms with Crippen molar-refractivity contribution in [1.29, 1.82) is 0 Å². The van der Waals surface area contributed by atoms with Crippen LogP contribution in [0.5, 0.6) is 5.75 Å². The topological polar surface area (TPSA) is 112 Å². The molecule has 40 heavy (non-hydrogen) atoms. The maximum Gasteiger partial charge on any atom is 0.359 e. The van der Waals surface area contributed by atoms with Gasteiger partial charge in [0.2, 0.25) is 5.89 Å². The number of aryl methyl sites for hydroxylation is 1. The number of oxazole rings is 1. The number of benzene rings is 3. The Morgan fingerprint density at radius 3 is 2.48 bits per heavy atom. The number of para-hydroxylation sites is 1. The molecular formula is C31H32N4O5. The summed E-state index contributed by atoms with van der Waals surface area (Å²) < 4.78 is 18.4. The third-order valence-electron chi connectivity index (χ3n) is 6.12. The van der Waals surface area contributed by atoms with Gasteiger partial charge in [-0.3, -0.25) is 0 Å². The van der Waals surface area contributed by atoms with E-state index in [9.17, 15) is 9.90 Å². The van der Waals surface area contributed by atoms with E-state index in [2.05, 4.69) is 15.3 Å². The Labute approximate surface area is 233 Å². The molecule has 9 nitrogen and oxygen atoms in total. The Morgan fingerprint density at radius 2 is 1.75 bits per heavy atom. The Balaban J connectivity index is 0.00000370. The van der Waals surface area contributed by atoms with Crippen molar-refractivity contribution in [3.63, 3.8) is 0 Å². The van der Waals surface area contributed by atoms with E-state index in [0.29, 0.717) is 35.9 Å². The highest BCUT2D eigenvalue weighted by molar-refractivity contribution is 5.89. The first-order valence-corrected chi connectivity index (χ1v) is 12.7. The number of nitrogens with zero attached hydrogens (tertiary/aromatic N) is 4. The van der Waals surface area contributed by atoms with Crippen LogP contribution in [0.3, 0.4) is 0 Å². The fourth-order valence-corrected chi connectivity index (χ4v) is 4.18. The van der Waals surface area contributed by atoms with Crippen molar-refractivity contribution >= 4 is 5.97 Å². The molecule has 0 aliphatic heterocycles. The molecule has 0 fully saturated rings. The summed E-state index contributed by atoms with van der Waals surface area (Å²) in [4.78, 5) is 17.5. The monoisotopic (exact) mass is 540 g/mol. The van der Waals surface area contributed by atoms with Gasteiger partial charge in [0.25, 0.3) is 0 Å². The van der Waals surface area contributed by atoms with E-state index in [1.54, 1.807) is 43.3 Å². The molecule has 0 aliphatic rings. The highest BCUT2D eigenvalue weighted by atomic mass is 16.5. The summed E-state index contributed by atoms with van der Waals surface area (Å²) in [6.45, 7) is 4.14. The van der Waals surface area contributed by atoms with Crippen LogP contribution in [-0.2, 0) is 11.2 Å². The number of rotatable bonds is 10. The summed E-state index contributed by atoms with van der Waals surface area (Å²) in [5.74, 6) is 1.26. The fourth-order valence-electron chi connectivity index (χ4n) is 4.18. The van der Waals surface area contributed by atoms with Gasteiger partial charge in [0, 0.05) is 12.0 Å². The van der Waals surface area contributed by atoms with Gasteiger partial charge in [-0.25, -0.2) is 14.5 Å². The number of aliphatic hydroxyl groups excluding tert-OH is 1. The normalized spacial score (nSPS) is 11.5. The summed E-state index contributed by atoms with van der Waals surface area (Å²) in [6.07, 6.45) is -0.676. The molecule has 0 saturated heterocycles. The molecule has 1 atom stereocenters. The van der Waals surface area contributed by atoms with E-state index in [1.807, 2.05) is 55.5 Å². The number of aliphatic hydroxyl groups is 1. The molecular weight excluding hydrogens is 508 g/mol. The predicted molar refractivity (Wildman–Crippen MR) is 150 cm³/mol. The standard InChI is InChI=1S/C30H28N4O5.CH4/c1-3-37-30(36)27-26(32-33-34(27)23-14-8-5-9-15-23)28(35)22-13-10-16-24(19-22)38-18-17-25-20(2)39-29(31-25)21-11-6-4-7-12-21;/h4-16,19,28,35H,3,17-18H2,1-2H3;1H4. The molecule has 0 radical (unpaired) electrons. The van der Waals surface area contributed by atoms with Crippen molar-refractivity contribution in [2.24, 2.45) is 0 Å². The van der Waals surface area contributed by atoms with Crippen molar-refractivity contribution in [1.82, 2.24) is 20.0 Å². The molecule has 1 N–H and O–H groups in total. The third-order valence-corrected chi connectivity index (χ3v) is 6.12. The van der Waals surface area contributed by atoms with Gasteiger partial charge < -0.3 is 19.0 Å². The highest BCUT2D eigenvalue weighted by Gasteiger charge is 2.28. The van der Waals surface area contributed by atoms with Crippen molar-refractivity contribution in [2.45, 2.75) is 33.8 Å². The Kier molecular flexibility index (Phi) is 9.08. The quantitative estimate of drug-likeness (QED) is 0.223. The predicted octanol–water partition coefficient (Wildman–Crippen LogP) is 5.75. The maximum atomic E-state index is 12.8. The van der Waals surface area contributed by atoms with Crippen LogP contribution in [0, 0.1) is 6.92 Å². The van der Waals surface area contributed by atoms with Gasteiger partial charge in [-0.05, 0) is 55.8 Å². The zero-order valence-corrected chi connectivity index (χ0v) is 21.7. The van der Waals surface area contributed by atoms with E-state index < -0.39 is 12.1 Å². The molecule has 5 aromatic rings. The lowest BCUT2D eigenvalue weighted by atomic mass is 10.0. The molecule has 0 spiro atoms. The van der Waals surface area contributed by atoms with Gasteiger partial charge in [-0.1, -0.05) is 61.2 Å². The minimum atomic E-state index is -1.23. The molecule has 5 rings (SSSR count). The first-order chi connectivity index (χ1) is 19.0. The maximum absolute atomic E-state index is 12.8. The van der Waals surface area contributed by atoms with Gasteiger partial charge in [0.15, 0.2) is 5.69 Å². The summed E-state index contributed by atoms with van der Waals surface area (Å²) in [5, 5.41) is 19.5. The molecule has 1 unspecified atom stereocenters. The lowest BCUT2D eigenvalue weighted by Crippen LogP contribution is -2.16. The lowest BCUT2D eigenvalue weighted by molar-refractivity contribution is 0.0510. The highest BCUT2D eigenvalue weighted by Crippen LogP contribution is 2.28. The summed E-state index contributed by atoms with van der Waals surface area (Å²) in [5.41, 5.74) is 3.03. The molecule has 0 amide bonds. The van der Waals surface area contributed by atoms with E-state index in [4.69, 9.17) is 13.9 Å². The second-order valence-electron chi connectivity index (χ2n) is 8.75. The van der Waals surface area contributed by atoms with E-state index in [0.717, 1.165) is 17.0 Å². The minimum absolute atomic E-state index is 0. The number of hydrogen-bond acceptors (Lipinski definition) is 8. The van der Waals surface area contributed by atoms with Gasteiger partial charge >= 0.3 is 5.97 Å². The molecule has 9 heteroatoms. The average molecular weight is 541 g/mol. The number of hydrogen-bond donors (Lipinski definition) is 1. The molecule has 0 saturated carbocycles. The second-order valence-corrected chi connectivity index (χ2v) is 8.75. The van der Waals surface area contributed by atoms with Crippen LogP contribution in [-0.4, -0.2) is 44.3 Å². The van der Waals surface area contributed by atoms with Crippen LogP contribution in [0.15, 0.2) is 89.3 Å². The van der Waals surface area contributed by atoms with Crippen molar-refractivity contribution < 1.29 is 23.8 Å². The van der Waals surface area contributed by atoms with Crippen LogP contribution < -0.4 is 4.74 Å². The molecule has 2 aromatic heterocycles. The molecule has 3 aromatic carbocycles. The SMILES string of the molecule is C.CCOC(=O)c1c(C(O)c2cccc(OCCc3nc(-c4ccccc4)oc3C)c2)nnn1-c1ccccc1. The van der Waals surface area contributed by atoms with Crippen LogP contribution >= 0.6 is 0 Å². The van der Waals surface area contributed by atoms with Crippen molar-refractivity contribution in [3.8, 4) is 22.9 Å². The minimum Gasteiger partial charge on any atom is -0.493 e. The van der Waals surface area contributed by atoms with Gasteiger partial charge in [-0.2, -0.15) is 0 Å². The number of ether oxygens (including phenoxy) is 2. The number of carbonyl (C=O) groups excluding carboxylic acids is 1. The zero-order chi connectivity index (χ0) is 27.2. The van der Waals surface area contributed by atoms with Gasteiger partial charge in [0.05, 0.1) is 24.6 Å². The van der Waals surface area contributed by atoms with E-state index in [-0.39, 0.29) is 25.4 Å². The Hall–Kier alpha value is -4.76. The smallest absolute Gasteiger partial charge is 0.359 e. The number of carbonyl (C=O) groups is 1. The van der Waals surface area contributed by atoms with E-state index in [1.165, 1.54) is 4.68 Å². The second kappa shape index (κ2) is 12.9. The Bertz CT molecular complexity index is 1550. The van der Waals surface area contributed by atoms with Crippen molar-refractivity contribution in [3.05, 3.63) is 113 Å². The molecule has 0 aliphatic carbocycles. The molecule has 2 heterocycles. The fraction of sp³-hybridized carbons (Fsp3) is 0.226. The first kappa shape index (κ1) is 28.3. The number of aromatic nitrogens is 4. The van der Waals surface area contributed by atoms with Crippen LogP contribution in [0.2, 0.25) is 0 Å². The van der Waals surface area contributed by atoms with Crippen LogP contribution in [0.1, 0.15) is 53.7 Å². The largest absolute Gasteiger partial charge is 0.493 e. The molecule has 206 valence electrons.